The van der Waals surface area contributed by atoms with Crippen LogP contribution in [0.1, 0.15) is 49.5 Å². The lowest BCUT2D eigenvalue weighted by atomic mass is 10.2. The predicted octanol–water partition coefficient (Wildman–Crippen LogP) is 5.67. The second kappa shape index (κ2) is 17.4. The minimum atomic E-state index is -0.708. The molecule has 0 aromatic heterocycles. The molecule has 2 aromatic rings. The summed E-state index contributed by atoms with van der Waals surface area (Å²) in [5.74, 6) is 0. The lowest BCUT2D eigenvalue weighted by molar-refractivity contribution is -0.384. The molecule has 0 spiro atoms. The molecule has 0 bridgehead atoms. The standard InChI is InChI=1S/C17H26N4O4.C12H18N4O2.2CH4/c1-5-19-8-10-20(11-9-19)13-6-7-14(15(12-13)21(23)24)18-16(22)25-17(2,3)4;1-2-14-5-7-15(8-6-14)10-3-4-11(13)12(9-10)16(17)18;;/h6-7,12H,5,8-11H2,1-4H3,(H,18,22);3-4,9H,2,5-8,13H2,1H3;2*1H4. The van der Waals surface area contributed by atoms with Crippen LogP contribution in [0.5, 0.6) is 0 Å². The highest BCUT2D eigenvalue weighted by Crippen LogP contribution is 2.31. The van der Waals surface area contributed by atoms with E-state index >= 15 is 0 Å². The monoisotopic (exact) mass is 632 g/mol. The fourth-order valence-corrected chi connectivity index (χ4v) is 4.92. The first-order valence-electron chi connectivity index (χ1n) is 14.6. The third-order valence-electron chi connectivity index (χ3n) is 7.39. The lowest BCUT2D eigenvalue weighted by Gasteiger charge is -2.35. The van der Waals surface area contributed by atoms with E-state index in [9.17, 15) is 25.0 Å². The first kappa shape index (κ1) is 38.9. The SMILES string of the molecule is C.C.CCN1CCN(c2ccc(N)c([N+](=O)[O-])c2)CC1.CCN1CCN(c2ccc(NC(=O)OC(C)(C)C)c([N+](=O)[O-])c2)CC1. The summed E-state index contributed by atoms with van der Waals surface area (Å²) in [6.07, 6.45) is -0.708. The van der Waals surface area contributed by atoms with Crippen LogP contribution in [-0.4, -0.2) is 96.8 Å². The summed E-state index contributed by atoms with van der Waals surface area (Å²) >= 11 is 0. The number of nitrogens with zero attached hydrogens (tertiary/aromatic N) is 6. The summed E-state index contributed by atoms with van der Waals surface area (Å²) in [5, 5.41) is 24.7. The van der Waals surface area contributed by atoms with Gasteiger partial charge in [0.25, 0.3) is 11.4 Å². The van der Waals surface area contributed by atoms with E-state index in [1.54, 1.807) is 45.0 Å². The molecule has 2 heterocycles. The van der Waals surface area contributed by atoms with Gasteiger partial charge in [-0.3, -0.25) is 25.5 Å². The van der Waals surface area contributed by atoms with Crippen molar-refractivity contribution in [3.63, 3.8) is 0 Å². The number of carbonyl (C=O) groups is 1. The number of nitro benzene ring substituents is 2. The van der Waals surface area contributed by atoms with E-state index in [0.717, 1.165) is 76.8 Å². The van der Waals surface area contributed by atoms with Gasteiger partial charge in [0.05, 0.1) is 9.85 Å². The van der Waals surface area contributed by atoms with E-state index in [2.05, 4.69) is 38.8 Å². The Bertz CT molecular complexity index is 1270. The molecule has 2 aromatic carbocycles. The number of benzene rings is 2. The number of hydrogen-bond donors (Lipinski definition) is 2. The van der Waals surface area contributed by atoms with Gasteiger partial charge in [0.2, 0.25) is 0 Å². The highest BCUT2D eigenvalue weighted by molar-refractivity contribution is 5.89. The average molecular weight is 633 g/mol. The number of amides is 1. The van der Waals surface area contributed by atoms with Crippen LogP contribution in [0.2, 0.25) is 0 Å². The van der Waals surface area contributed by atoms with E-state index in [-0.39, 0.29) is 37.6 Å². The normalized spacial score (nSPS) is 15.5. The van der Waals surface area contributed by atoms with Crippen LogP contribution in [-0.2, 0) is 4.74 Å². The number of ether oxygens (including phenoxy) is 1. The fourth-order valence-electron chi connectivity index (χ4n) is 4.92. The number of nitrogens with two attached hydrogens (primary N) is 1. The lowest BCUT2D eigenvalue weighted by Crippen LogP contribution is -2.46. The zero-order valence-electron chi connectivity index (χ0n) is 25.7. The Morgan fingerprint density at radius 2 is 1.22 bits per heavy atom. The van der Waals surface area contributed by atoms with Gasteiger partial charge < -0.3 is 30.1 Å². The molecule has 14 nitrogen and oxygen atoms in total. The molecule has 2 aliphatic heterocycles. The molecule has 252 valence electrons. The third-order valence-corrected chi connectivity index (χ3v) is 7.39. The maximum atomic E-state index is 11.9. The summed E-state index contributed by atoms with van der Waals surface area (Å²) in [6, 6.07) is 9.89. The van der Waals surface area contributed by atoms with E-state index in [1.165, 1.54) is 6.07 Å². The van der Waals surface area contributed by atoms with Crippen molar-refractivity contribution in [2.24, 2.45) is 0 Å². The molecule has 0 aliphatic carbocycles. The Morgan fingerprint density at radius 1 is 0.800 bits per heavy atom. The summed E-state index contributed by atoms with van der Waals surface area (Å²) in [4.78, 5) is 42.2. The van der Waals surface area contributed by atoms with Gasteiger partial charge in [0.1, 0.15) is 17.0 Å². The molecular formula is C31H52N8O6. The molecule has 0 radical (unpaired) electrons. The molecular weight excluding hydrogens is 580 g/mol. The van der Waals surface area contributed by atoms with Gasteiger partial charge in [-0.05, 0) is 58.1 Å². The average Bonchev–Trinajstić information content (AvgIpc) is 2.97. The van der Waals surface area contributed by atoms with Crippen molar-refractivity contribution in [1.82, 2.24) is 9.80 Å². The zero-order chi connectivity index (χ0) is 31.7. The Labute approximate surface area is 267 Å². The topological polar surface area (TPSA) is 164 Å². The van der Waals surface area contributed by atoms with Crippen LogP contribution >= 0.6 is 0 Å². The summed E-state index contributed by atoms with van der Waals surface area (Å²) in [7, 11) is 0. The Hall–Kier alpha value is -4.17. The van der Waals surface area contributed by atoms with Gasteiger partial charge in [0.15, 0.2) is 0 Å². The van der Waals surface area contributed by atoms with Crippen LogP contribution < -0.4 is 20.9 Å². The minimum absolute atomic E-state index is 0. The number of rotatable bonds is 7. The molecule has 0 unspecified atom stereocenters. The quantitative estimate of drug-likeness (QED) is 0.219. The molecule has 0 saturated carbocycles. The van der Waals surface area contributed by atoms with Crippen molar-refractivity contribution in [3.05, 3.63) is 56.6 Å². The minimum Gasteiger partial charge on any atom is -0.444 e. The number of carbonyl (C=O) groups excluding carboxylic acids is 1. The second-order valence-corrected chi connectivity index (χ2v) is 11.4. The molecule has 4 rings (SSSR count). The first-order valence-corrected chi connectivity index (χ1v) is 14.6. The number of nitro groups is 2. The van der Waals surface area contributed by atoms with Crippen molar-refractivity contribution in [1.29, 1.82) is 0 Å². The molecule has 1 amide bonds. The smallest absolute Gasteiger partial charge is 0.412 e. The molecule has 14 heteroatoms. The number of likely N-dealkylation sites (N-methyl/N-ethyl adjacent to an activating group) is 2. The largest absolute Gasteiger partial charge is 0.444 e. The summed E-state index contributed by atoms with van der Waals surface area (Å²) < 4.78 is 5.16. The Balaban J connectivity index is 0.000000451. The van der Waals surface area contributed by atoms with Gasteiger partial charge in [-0.15, -0.1) is 0 Å². The van der Waals surface area contributed by atoms with Crippen LogP contribution in [0.3, 0.4) is 0 Å². The van der Waals surface area contributed by atoms with Gasteiger partial charge in [-0.2, -0.15) is 0 Å². The predicted molar refractivity (Wildman–Crippen MR) is 183 cm³/mol. The van der Waals surface area contributed by atoms with Crippen LogP contribution in [0.15, 0.2) is 36.4 Å². The third kappa shape index (κ3) is 11.4. The van der Waals surface area contributed by atoms with Crippen molar-refractivity contribution < 1.29 is 19.4 Å². The molecule has 45 heavy (non-hydrogen) atoms. The molecule has 0 atom stereocenters. The first-order chi connectivity index (χ1) is 20.3. The number of anilines is 4. The summed E-state index contributed by atoms with van der Waals surface area (Å²) in [5.41, 5.74) is 6.80. The molecule has 2 aliphatic rings. The van der Waals surface area contributed by atoms with Crippen LogP contribution in [0, 0.1) is 20.2 Å². The number of piperazine rings is 2. The number of nitrogen functional groups attached to an aromatic ring is 1. The zero-order valence-corrected chi connectivity index (χ0v) is 25.7. The van der Waals surface area contributed by atoms with Crippen molar-refractivity contribution in [3.8, 4) is 0 Å². The van der Waals surface area contributed by atoms with Gasteiger partial charge in [-0.25, -0.2) is 4.79 Å². The highest BCUT2D eigenvalue weighted by atomic mass is 16.6. The van der Waals surface area contributed by atoms with Crippen LogP contribution in [0.4, 0.5) is 38.9 Å². The van der Waals surface area contributed by atoms with Gasteiger partial charge in [0, 0.05) is 75.9 Å². The summed E-state index contributed by atoms with van der Waals surface area (Å²) in [6.45, 7) is 18.8. The maximum absolute atomic E-state index is 11.9. The fraction of sp³-hybridized carbons (Fsp3) is 0.581. The maximum Gasteiger partial charge on any atom is 0.412 e. The number of nitrogens with one attached hydrogen (secondary N) is 1. The van der Waals surface area contributed by atoms with E-state index < -0.39 is 21.5 Å². The van der Waals surface area contributed by atoms with Crippen molar-refractivity contribution in [2.45, 2.75) is 55.1 Å². The van der Waals surface area contributed by atoms with Gasteiger partial charge in [-0.1, -0.05) is 28.7 Å². The van der Waals surface area contributed by atoms with E-state index in [4.69, 9.17) is 10.5 Å². The highest BCUT2D eigenvalue weighted by Gasteiger charge is 2.24. The second-order valence-electron chi connectivity index (χ2n) is 11.4. The van der Waals surface area contributed by atoms with E-state index in [0.29, 0.717) is 0 Å². The van der Waals surface area contributed by atoms with E-state index in [1.807, 2.05) is 6.07 Å². The van der Waals surface area contributed by atoms with Crippen molar-refractivity contribution >= 4 is 40.2 Å². The molecule has 2 fully saturated rings. The molecule has 2 saturated heterocycles. The van der Waals surface area contributed by atoms with Crippen molar-refractivity contribution in [2.75, 3.05) is 86.3 Å². The Morgan fingerprint density at radius 3 is 1.62 bits per heavy atom. The van der Waals surface area contributed by atoms with Gasteiger partial charge >= 0.3 is 6.09 Å². The molecule has 3 N–H and O–H groups in total. The van der Waals surface area contributed by atoms with Crippen LogP contribution in [0.25, 0.3) is 0 Å². The number of hydrogen-bond acceptors (Lipinski definition) is 11. The Kier molecular flexibility index (Phi) is 15.0.